The van der Waals surface area contributed by atoms with E-state index in [0.717, 1.165) is 31.4 Å². The van der Waals surface area contributed by atoms with E-state index in [1.165, 1.54) is 43.2 Å². The van der Waals surface area contributed by atoms with Gasteiger partial charge in [0, 0.05) is 6.61 Å². The van der Waals surface area contributed by atoms with Crippen LogP contribution in [0.3, 0.4) is 0 Å². The van der Waals surface area contributed by atoms with Crippen LogP contribution in [-0.2, 0) is 23.2 Å². The number of aliphatic hydroxyl groups is 1. The maximum absolute atomic E-state index is 10.8. The fourth-order valence-corrected chi connectivity index (χ4v) is 3.53. The van der Waals surface area contributed by atoms with Crippen molar-refractivity contribution in [3.05, 3.63) is 34.9 Å². The maximum Gasteiger partial charge on any atom is 0.0869 e. The molecule has 1 heterocycles. The standard InChI is InChI=1S/C18H26O2/c1-18(19,11-10-17-7-4-12-20-17)16-9-8-14-5-2-3-6-15(14)13-16/h8-9,13,17,19H,2-7,10-12H2,1H3. The quantitative estimate of drug-likeness (QED) is 0.906. The van der Waals surface area contributed by atoms with Gasteiger partial charge in [0.05, 0.1) is 11.7 Å². The zero-order valence-corrected chi connectivity index (χ0v) is 12.5. The molecule has 1 N–H and O–H groups in total. The van der Waals surface area contributed by atoms with Crippen LogP contribution < -0.4 is 0 Å². The minimum Gasteiger partial charge on any atom is -0.385 e. The molecule has 0 saturated carbocycles. The van der Waals surface area contributed by atoms with Crippen molar-refractivity contribution in [2.24, 2.45) is 0 Å². The molecule has 0 aromatic heterocycles. The van der Waals surface area contributed by atoms with E-state index < -0.39 is 5.60 Å². The van der Waals surface area contributed by atoms with Gasteiger partial charge >= 0.3 is 0 Å². The van der Waals surface area contributed by atoms with Crippen LogP contribution in [0.2, 0.25) is 0 Å². The number of hydrogen-bond acceptors (Lipinski definition) is 2. The lowest BCUT2D eigenvalue weighted by atomic mass is 9.84. The van der Waals surface area contributed by atoms with Gasteiger partial charge in [0.25, 0.3) is 0 Å². The Labute approximate surface area is 122 Å². The van der Waals surface area contributed by atoms with E-state index in [2.05, 4.69) is 18.2 Å². The van der Waals surface area contributed by atoms with Crippen LogP contribution in [0.15, 0.2) is 18.2 Å². The Morgan fingerprint density at radius 2 is 2.00 bits per heavy atom. The lowest BCUT2D eigenvalue weighted by Gasteiger charge is -2.27. The van der Waals surface area contributed by atoms with Crippen LogP contribution in [0.25, 0.3) is 0 Å². The predicted octanol–water partition coefficient (Wildman–Crippen LogP) is 3.73. The number of benzene rings is 1. The first-order chi connectivity index (χ1) is 9.65. The Morgan fingerprint density at radius 1 is 1.20 bits per heavy atom. The molecule has 0 radical (unpaired) electrons. The van der Waals surface area contributed by atoms with Crippen molar-refractivity contribution < 1.29 is 9.84 Å². The average Bonchev–Trinajstić information content (AvgIpc) is 2.98. The topological polar surface area (TPSA) is 29.5 Å². The van der Waals surface area contributed by atoms with Gasteiger partial charge in [-0.1, -0.05) is 18.2 Å². The molecule has 1 saturated heterocycles. The molecule has 1 aromatic rings. The van der Waals surface area contributed by atoms with Crippen molar-refractivity contribution in [1.82, 2.24) is 0 Å². The van der Waals surface area contributed by atoms with Crippen LogP contribution in [0.4, 0.5) is 0 Å². The molecular weight excluding hydrogens is 248 g/mol. The van der Waals surface area contributed by atoms with Gasteiger partial charge < -0.3 is 9.84 Å². The summed E-state index contributed by atoms with van der Waals surface area (Å²) in [5.74, 6) is 0. The first-order valence-electron chi connectivity index (χ1n) is 8.11. The fourth-order valence-electron chi connectivity index (χ4n) is 3.53. The monoisotopic (exact) mass is 274 g/mol. The van der Waals surface area contributed by atoms with Crippen molar-refractivity contribution in [3.8, 4) is 0 Å². The van der Waals surface area contributed by atoms with Crippen LogP contribution >= 0.6 is 0 Å². The second-order valence-corrected chi connectivity index (χ2v) is 6.64. The van der Waals surface area contributed by atoms with Crippen molar-refractivity contribution in [2.45, 2.75) is 70.0 Å². The smallest absolute Gasteiger partial charge is 0.0869 e. The normalized spacial score (nSPS) is 25.2. The van der Waals surface area contributed by atoms with E-state index in [9.17, 15) is 5.11 Å². The molecule has 1 aliphatic carbocycles. The zero-order chi connectivity index (χ0) is 14.0. The van der Waals surface area contributed by atoms with Crippen LogP contribution in [0.1, 0.15) is 62.1 Å². The van der Waals surface area contributed by atoms with Gasteiger partial charge in [-0.2, -0.15) is 0 Å². The minimum absolute atomic E-state index is 0.360. The van der Waals surface area contributed by atoms with Crippen LogP contribution in [0.5, 0.6) is 0 Å². The molecule has 0 amide bonds. The molecule has 2 aliphatic rings. The van der Waals surface area contributed by atoms with Gasteiger partial charge in [0.15, 0.2) is 0 Å². The lowest BCUT2D eigenvalue weighted by Crippen LogP contribution is -2.24. The summed E-state index contributed by atoms with van der Waals surface area (Å²) in [6.07, 6.45) is 9.40. The fraction of sp³-hybridized carbons (Fsp3) is 0.667. The van der Waals surface area contributed by atoms with Crippen LogP contribution in [0, 0.1) is 0 Å². The predicted molar refractivity (Wildman–Crippen MR) is 80.9 cm³/mol. The van der Waals surface area contributed by atoms with Crippen molar-refractivity contribution in [2.75, 3.05) is 6.61 Å². The molecule has 0 spiro atoms. The number of fused-ring (bicyclic) bond motifs is 1. The zero-order valence-electron chi connectivity index (χ0n) is 12.5. The molecular formula is C18H26O2. The highest BCUT2D eigenvalue weighted by Gasteiger charge is 2.27. The first-order valence-corrected chi connectivity index (χ1v) is 8.11. The Morgan fingerprint density at radius 3 is 2.75 bits per heavy atom. The Kier molecular flexibility index (Phi) is 4.13. The average molecular weight is 274 g/mol. The summed E-state index contributed by atoms with van der Waals surface area (Å²) in [4.78, 5) is 0. The van der Waals surface area contributed by atoms with Gasteiger partial charge in [0.2, 0.25) is 0 Å². The van der Waals surface area contributed by atoms with E-state index in [1.807, 2.05) is 6.92 Å². The highest BCUT2D eigenvalue weighted by molar-refractivity contribution is 5.36. The SMILES string of the molecule is CC(O)(CCC1CCCO1)c1ccc2c(c1)CCCC2. The van der Waals surface area contributed by atoms with Gasteiger partial charge in [-0.05, 0) is 75.0 Å². The third kappa shape index (κ3) is 3.07. The molecule has 1 fully saturated rings. The van der Waals surface area contributed by atoms with E-state index in [-0.39, 0.29) is 0 Å². The van der Waals surface area contributed by atoms with Gasteiger partial charge in [-0.3, -0.25) is 0 Å². The lowest BCUT2D eigenvalue weighted by molar-refractivity contribution is 0.0220. The summed E-state index contributed by atoms with van der Waals surface area (Å²) in [6.45, 7) is 2.85. The molecule has 110 valence electrons. The Bertz CT molecular complexity index is 458. The van der Waals surface area contributed by atoms with Crippen molar-refractivity contribution in [1.29, 1.82) is 0 Å². The second-order valence-electron chi connectivity index (χ2n) is 6.64. The summed E-state index contributed by atoms with van der Waals surface area (Å²) in [5.41, 5.74) is 3.29. The molecule has 2 atom stereocenters. The third-order valence-electron chi connectivity index (χ3n) is 4.95. The van der Waals surface area contributed by atoms with Gasteiger partial charge in [0.1, 0.15) is 0 Å². The summed E-state index contributed by atoms with van der Waals surface area (Å²) in [5, 5.41) is 10.8. The van der Waals surface area contributed by atoms with Crippen molar-refractivity contribution >= 4 is 0 Å². The second kappa shape index (κ2) is 5.87. The maximum atomic E-state index is 10.8. The first kappa shape index (κ1) is 14.1. The van der Waals surface area contributed by atoms with E-state index in [0.29, 0.717) is 6.10 Å². The van der Waals surface area contributed by atoms with Gasteiger partial charge in [-0.25, -0.2) is 0 Å². The van der Waals surface area contributed by atoms with E-state index in [1.54, 1.807) is 0 Å². The molecule has 2 heteroatoms. The summed E-state index contributed by atoms with van der Waals surface area (Å²) >= 11 is 0. The summed E-state index contributed by atoms with van der Waals surface area (Å²) in [7, 11) is 0. The highest BCUT2D eigenvalue weighted by Crippen LogP contribution is 2.32. The minimum atomic E-state index is -0.724. The molecule has 0 bridgehead atoms. The highest BCUT2D eigenvalue weighted by atomic mass is 16.5. The number of rotatable bonds is 4. The molecule has 1 aromatic carbocycles. The van der Waals surface area contributed by atoms with E-state index in [4.69, 9.17) is 4.74 Å². The molecule has 1 aliphatic heterocycles. The summed E-state index contributed by atoms with van der Waals surface area (Å²) < 4.78 is 5.66. The Balaban J connectivity index is 1.69. The summed E-state index contributed by atoms with van der Waals surface area (Å²) in [6, 6.07) is 6.59. The number of ether oxygens (including phenoxy) is 1. The van der Waals surface area contributed by atoms with Crippen LogP contribution in [-0.4, -0.2) is 17.8 Å². The van der Waals surface area contributed by atoms with Gasteiger partial charge in [-0.15, -0.1) is 0 Å². The molecule has 3 rings (SSSR count). The third-order valence-corrected chi connectivity index (χ3v) is 4.95. The van der Waals surface area contributed by atoms with Crippen molar-refractivity contribution in [3.63, 3.8) is 0 Å². The number of hydrogen-bond donors (Lipinski definition) is 1. The number of aryl methyl sites for hydroxylation is 2. The molecule has 2 nitrogen and oxygen atoms in total. The largest absolute Gasteiger partial charge is 0.385 e. The molecule has 2 unspecified atom stereocenters. The van der Waals surface area contributed by atoms with E-state index >= 15 is 0 Å². The Hall–Kier alpha value is -0.860. The molecule has 20 heavy (non-hydrogen) atoms.